The van der Waals surface area contributed by atoms with Crippen LogP contribution in [0.5, 0.6) is 5.75 Å². The molecule has 150 valence electrons. The minimum absolute atomic E-state index is 0.211. The number of ether oxygens (including phenoxy) is 1. The van der Waals surface area contributed by atoms with Crippen molar-refractivity contribution in [3.05, 3.63) is 59.6 Å². The van der Waals surface area contributed by atoms with Crippen LogP contribution in [0.15, 0.2) is 47.8 Å². The van der Waals surface area contributed by atoms with Crippen LogP contribution in [0.25, 0.3) is 11.2 Å². The summed E-state index contributed by atoms with van der Waals surface area (Å²) in [7, 11) is -3.54. The molecule has 0 fully saturated rings. The van der Waals surface area contributed by atoms with Gasteiger partial charge >= 0.3 is 0 Å². The van der Waals surface area contributed by atoms with Crippen LogP contribution in [-0.2, 0) is 10.0 Å². The van der Waals surface area contributed by atoms with E-state index in [1.807, 2.05) is 32.2 Å². The molecule has 0 aliphatic carbocycles. The van der Waals surface area contributed by atoms with Crippen LogP contribution in [0, 0.1) is 6.92 Å². The molecule has 0 amide bonds. The maximum Gasteiger partial charge on any atom is 0.243 e. The topological polar surface area (TPSA) is 76.8 Å². The van der Waals surface area contributed by atoms with Gasteiger partial charge in [0, 0.05) is 30.8 Å². The van der Waals surface area contributed by atoms with Crippen LogP contribution in [-0.4, -0.2) is 47.0 Å². The fourth-order valence-corrected chi connectivity index (χ4v) is 5.48. The quantitative estimate of drug-likeness (QED) is 0.663. The fraction of sp³-hybridized carbons (Fsp3) is 0.333. The van der Waals surface area contributed by atoms with E-state index in [0.717, 1.165) is 33.7 Å². The van der Waals surface area contributed by atoms with E-state index in [0.29, 0.717) is 31.0 Å². The first-order valence-corrected chi connectivity index (χ1v) is 11.1. The van der Waals surface area contributed by atoms with Gasteiger partial charge in [-0.2, -0.15) is 9.40 Å². The van der Waals surface area contributed by atoms with Gasteiger partial charge in [-0.15, -0.1) is 0 Å². The first kappa shape index (κ1) is 18.3. The first-order chi connectivity index (χ1) is 13.9. The molecule has 1 aromatic carbocycles. The number of benzene rings is 1. The number of nitrogens with zero attached hydrogens (tertiary/aromatic N) is 4. The van der Waals surface area contributed by atoms with E-state index in [2.05, 4.69) is 10.1 Å². The largest absolute Gasteiger partial charge is 0.493 e. The van der Waals surface area contributed by atoms with Crippen molar-refractivity contribution in [3.63, 3.8) is 0 Å². The summed E-state index contributed by atoms with van der Waals surface area (Å²) in [6, 6.07) is 7.19. The molecule has 0 radical (unpaired) electrons. The average Bonchev–Trinajstić information content (AvgIpc) is 3.33. The van der Waals surface area contributed by atoms with Crippen molar-refractivity contribution in [2.24, 2.45) is 0 Å². The highest BCUT2D eigenvalue weighted by molar-refractivity contribution is 7.89. The summed E-state index contributed by atoms with van der Waals surface area (Å²) in [6.07, 6.45) is 6.16. The van der Waals surface area contributed by atoms with Crippen molar-refractivity contribution in [2.45, 2.75) is 31.1 Å². The molecule has 0 spiro atoms. The second-order valence-corrected chi connectivity index (χ2v) is 9.62. The number of fused-ring (bicyclic) bond motifs is 2. The summed E-state index contributed by atoms with van der Waals surface area (Å²) in [5.74, 6) is 0.999. The zero-order chi connectivity index (χ0) is 20.2. The van der Waals surface area contributed by atoms with E-state index < -0.39 is 10.0 Å². The Morgan fingerprint density at radius 1 is 1.24 bits per heavy atom. The van der Waals surface area contributed by atoms with Crippen molar-refractivity contribution in [1.82, 2.24) is 18.9 Å². The molecule has 7 nitrogen and oxygen atoms in total. The van der Waals surface area contributed by atoms with Gasteiger partial charge in [0.25, 0.3) is 0 Å². The second kappa shape index (κ2) is 6.67. The van der Waals surface area contributed by atoms with Crippen molar-refractivity contribution in [3.8, 4) is 5.75 Å². The fourth-order valence-electron chi connectivity index (χ4n) is 4.06. The first-order valence-electron chi connectivity index (χ1n) is 9.70. The third-order valence-electron chi connectivity index (χ3n) is 5.78. The van der Waals surface area contributed by atoms with Gasteiger partial charge in [0.2, 0.25) is 10.0 Å². The number of hydrogen-bond donors (Lipinski definition) is 0. The third kappa shape index (κ3) is 3.03. The minimum Gasteiger partial charge on any atom is -0.493 e. The molecule has 0 saturated carbocycles. The third-order valence-corrected chi connectivity index (χ3v) is 7.64. The molecule has 2 aromatic heterocycles. The molecular weight excluding hydrogens is 388 g/mol. The van der Waals surface area contributed by atoms with E-state index >= 15 is 0 Å². The van der Waals surface area contributed by atoms with Crippen molar-refractivity contribution >= 4 is 21.2 Å². The Morgan fingerprint density at radius 2 is 2.10 bits per heavy atom. The Morgan fingerprint density at radius 3 is 2.90 bits per heavy atom. The van der Waals surface area contributed by atoms with Gasteiger partial charge in [0.15, 0.2) is 5.65 Å². The Kier molecular flexibility index (Phi) is 4.22. The van der Waals surface area contributed by atoms with E-state index in [1.54, 1.807) is 27.0 Å². The van der Waals surface area contributed by atoms with E-state index in [-0.39, 0.29) is 5.92 Å². The number of aromatic nitrogens is 3. The van der Waals surface area contributed by atoms with Crippen molar-refractivity contribution in [2.75, 3.05) is 19.7 Å². The Bertz CT molecular complexity index is 1250. The molecule has 1 atom stereocenters. The molecule has 0 N–H and O–H groups in total. The van der Waals surface area contributed by atoms with E-state index in [9.17, 15) is 8.42 Å². The van der Waals surface area contributed by atoms with E-state index in [1.165, 1.54) is 6.33 Å². The number of aryl methyl sites for hydroxylation is 1. The molecule has 8 heteroatoms. The summed E-state index contributed by atoms with van der Waals surface area (Å²) in [4.78, 5) is 4.55. The lowest BCUT2D eigenvalue weighted by molar-refractivity contribution is 0.337. The zero-order valence-corrected chi connectivity index (χ0v) is 17.2. The molecule has 29 heavy (non-hydrogen) atoms. The van der Waals surface area contributed by atoms with Crippen LogP contribution < -0.4 is 4.74 Å². The van der Waals surface area contributed by atoms with Crippen LogP contribution in [0.2, 0.25) is 0 Å². The summed E-state index contributed by atoms with van der Waals surface area (Å²) >= 11 is 0. The molecular formula is C21H22N4O3S. The predicted octanol–water partition coefficient (Wildman–Crippen LogP) is 3.01. The Labute approximate surface area is 169 Å². The van der Waals surface area contributed by atoms with Gasteiger partial charge in [0.05, 0.1) is 11.5 Å². The highest BCUT2D eigenvalue weighted by Gasteiger charge is 2.29. The molecule has 3 aromatic rings. The SMILES string of the molecule is Cc1cc2ncnn2cc1C1=CCN(S(=O)(=O)c2ccc3c(c2)C(C)CO3)CC1. The van der Waals surface area contributed by atoms with Crippen LogP contribution in [0.1, 0.15) is 36.0 Å². The van der Waals surface area contributed by atoms with Gasteiger partial charge in [0.1, 0.15) is 12.1 Å². The summed E-state index contributed by atoms with van der Waals surface area (Å²) in [6.45, 7) is 5.50. The molecule has 1 unspecified atom stereocenters. The highest BCUT2D eigenvalue weighted by Crippen LogP contribution is 2.36. The lowest BCUT2D eigenvalue weighted by Crippen LogP contribution is -2.34. The summed E-state index contributed by atoms with van der Waals surface area (Å²) in [5.41, 5.74) is 5.12. The Hall–Kier alpha value is -2.71. The minimum atomic E-state index is -3.54. The lowest BCUT2D eigenvalue weighted by atomic mass is 9.98. The smallest absolute Gasteiger partial charge is 0.243 e. The summed E-state index contributed by atoms with van der Waals surface area (Å²) in [5, 5.41) is 4.21. The maximum atomic E-state index is 13.2. The van der Waals surface area contributed by atoms with Crippen LogP contribution >= 0.6 is 0 Å². The monoisotopic (exact) mass is 410 g/mol. The number of pyridine rings is 1. The second-order valence-electron chi connectivity index (χ2n) is 7.69. The number of hydrogen-bond acceptors (Lipinski definition) is 5. The zero-order valence-electron chi connectivity index (χ0n) is 16.4. The standard InChI is InChI=1S/C21H22N4O3S/c1-14-9-21-22-13-23-25(21)11-19(14)16-5-7-24(8-6-16)29(26,27)17-3-4-20-18(10-17)15(2)12-28-20/h3-5,9-11,13,15H,6-8,12H2,1-2H3. The molecule has 2 aliphatic heterocycles. The average molecular weight is 410 g/mol. The molecule has 2 aliphatic rings. The molecule has 5 rings (SSSR count). The van der Waals surface area contributed by atoms with Gasteiger partial charge in [-0.1, -0.05) is 13.0 Å². The Balaban J connectivity index is 1.42. The van der Waals surface area contributed by atoms with Crippen LogP contribution in [0.3, 0.4) is 0 Å². The summed E-state index contributed by atoms with van der Waals surface area (Å²) < 4.78 is 35.2. The van der Waals surface area contributed by atoms with Gasteiger partial charge < -0.3 is 4.74 Å². The van der Waals surface area contributed by atoms with Gasteiger partial charge in [-0.05, 0) is 54.3 Å². The van der Waals surface area contributed by atoms with Gasteiger partial charge in [-0.25, -0.2) is 17.9 Å². The number of rotatable bonds is 3. The normalized spacial score (nSPS) is 19.8. The maximum absolute atomic E-state index is 13.2. The van der Waals surface area contributed by atoms with Crippen molar-refractivity contribution in [1.29, 1.82) is 0 Å². The van der Waals surface area contributed by atoms with Crippen molar-refractivity contribution < 1.29 is 13.2 Å². The highest BCUT2D eigenvalue weighted by atomic mass is 32.2. The molecule has 0 saturated heterocycles. The number of sulfonamides is 1. The predicted molar refractivity (Wildman–Crippen MR) is 109 cm³/mol. The molecule has 4 heterocycles. The van der Waals surface area contributed by atoms with E-state index in [4.69, 9.17) is 4.74 Å². The van der Waals surface area contributed by atoms with Crippen LogP contribution in [0.4, 0.5) is 0 Å². The molecule has 0 bridgehead atoms. The lowest BCUT2D eigenvalue weighted by Gasteiger charge is -2.26. The van der Waals surface area contributed by atoms with Gasteiger partial charge in [-0.3, -0.25) is 0 Å².